The molecule has 0 spiro atoms. The van der Waals surface area contributed by atoms with Crippen molar-refractivity contribution in [2.75, 3.05) is 0 Å². The Balaban J connectivity index is -0.00000000450. The van der Waals surface area contributed by atoms with Crippen molar-refractivity contribution in [2.24, 2.45) is 0 Å². The summed E-state index contributed by atoms with van der Waals surface area (Å²) < 4.78 is 0. The van der Waals surface area contributed by atoms with Crippen LogP contribution in [0.5, 0.6) is 0 Å². The number of rotatable bonds is 0. The summed E-state index contributed by atoms with van der Waals surface area (Å²) >= 11 is 0. The quantitative estimate of drug-likeness (QED) is 0.389. The molecule has 0 heterocycles. The standard InChI is InChI=1S/C3H6O.4ClH.Ti/c1-3(2)4;;;;;/h1-2H3;4*1H;/q;;;;;+4/p-4. The molecule has 0 rings (SSSR count). The molecule has 0 amide bonds. The van der Waals surface area contributed by atoms with Gasteiger partial charge in [-0.2, -0.15) is 0 Å². The van der Waals surface area contributed by atoms with Crippen molar-refractivity contribution in [1.82, 2.24) is 0 Å². The molecular weight excluding hydrogens is 242 g/mol. The van der Waals surface area contributed by atoms with Gasteiger partial charge in [-0.15, -0.1) is 0 Å². The van der Waals surface area contributed by atoms with Crippen LogP contribution in [-0.2, 0) is 26.5 Å². The van der Waals surface area contributed by atoms with Crippen molar-refractivity contribution in [2.45, 2.75) is 13.8 Å². The molecule has 0 unspecified atom stereocenters. The number of hydrogen-bond acceptors (Lipinski definition) is 1. The van der Waals surface area contributed by atoms with Gasteiger partial charge in [0.05, 0.1) is 0 Å². The van der Waals surface area contributed by atoms with Crippen molar-refractivity contribution in [3.63, 3.8) is 0 Å². The van der Waals surface area contributed by atoms with Crippen molar-refractivity contribution in [1.29, 1.82) is 0 Å². The summed E-state index contributed by atoms with van der Waals surface area (Å²) in [7, 11) is 0. The number of carbonyl (C=O) groups excluding carboxylic acids is 1. The molecule has 0 aliphatic carbocycles. The van der Waals surface area contributed by atoms with Crippen LogP contribution in [-0.4, -0.2) is 5.78 Å². The van der Waals surface area contributed by atoms with Crippen LogP contribution >= 0.6 is 0 Å². The Morgan fingerprint density at radius 2 is 0.889 bits per heavy atom. The first-order chi connectivity index (χ1) is 1.73. The molecule has 0 saturated carbocycles. The van der Waals surface area contributed by atoms with Gasteiger partial charge in [-0.3, -0.25) is 0 Å². The molecule has 0 saturated heterocycles. The first-order valence-electron chi connectivity index (χ1n) is 1.20. The molecule has 6 heteroatoms. The number of ketones is 1. The topological polar surface area (TPSA) is 17.1 Å². The molecule has 1 nitrogen and oxygen atoms in total. The van der Waals surface area contributed by atoms with E-state index in [0.29, 0.717) is 0 Å². The first kappa shape index (κ1) is 46.5. The predicted molar refractivity (Wildman–Crippen MR) is 16.4 cm³/mol. The minimum absolute atomic E-state index is 0. The minimum atomic E-state index is 0. The van der Waals surface area contributed by atoms with Crippen molar-refractivity contribution < 1.29 is 76.1 Å². The molecular formula is C3H6Cl4OTi. The van der Waals surface area contributed by atoms with Crippen LogP contribution in [0.15, 0.2) is 0 Å². The summed E-state index contributed by atoms with van der Waals surface area (Å²) in [5.41, 5.74) is 0. The summed E-state index contributed by atoms with van der Waals surface area (Å²) in [5.74, 6) is 0.167. The monoisotopic (exact) mass is 246 g/mol. The molecule has 56 valence electrons. The second-order valence-electron chi connectivity index (χ2n) is 0.908. The van der Waals surface area contributed by atoms with Gasteiger partial charge in [0.1, 0.15) is 5.78 Å². The van der Waals surface area contributed by atoms with E-state index in [1.165, 1.54) is 13.8 Å². The zero-order valence-electron chi connectivity index (χ0n) is 4.92. The third-order valence-corrected chi connectivity index (χ3v) is 0. The van der Waals surface area contributed by atoms with Crippen LogP contribution < -0.4 is 49.6 Å². The average Bonchev–Trinajstić information content (AvgIpc) is 0.811. The predicted octanol–water partition coefficient (Wildman–Crippen LogP) is -11.4. The third kappa shape index (κ3) is 228. The maximum atomic E-state index is 9.44. The van der Waals surface area contributed by atoms with Gasteiger partial charge in [-0.25, -0.2) is 0 Å². The van der Waals surface area contributed by atoms with Gasteiger partial charge in [0.2, 0.25) is 0 Å². The Morgan fingerprint density at radius 3 is 0.889 bits per heavy atom. The number of Topliss-reactive ketones (excluding diaryl/α,β-unsaturated/α-hetero) is 1. The van der Waals surface area contributed by atoms with Crippen molar-refractivity contribution in [3.8, 4) is 0 Å². The summed E-state index contributed by atoms with van der Waals surface area (Å²) in [6.45, 7) is 3.06. The van der Waals surface area contributed by atoms with E-state index < -0.39 is 0 Å². The van der Waals surface area contributed by atoms with Crippen LogP contribution in [0.1, 0.15) is 13.8 Å². The third-order valence-electron chi connectivity index (χ3n) is 0. The zero-order valence-corrected chi connectivity index (χ0v) is 9.51. The maximum absolute atomic E-state index is 9.44. The van der Waals surface area contributed by atoms with Gasteiger partial charge in [-0.1, -0.05) is 0 Å². The normalized spacial score (nSPS) is 2.89. The Kier molecular flexibility index (Phi) is 174. The van der Waals surface area contributed by atoms with Crippen LogP contribution in [0, 0.1) is 0 Å². The van der Waals surface area contributed by atoms with Crippen LogP contribution in [0.25, 0.3) is 0 Å². The summed E-state index contributed by atoms with van der Waals surface area (Å²) in [4.78, 5) is 9.44. The summed E-state index contributed by atoms with van der Waals surface area (Å²) in [6.07, 6.45) is 0. The summed E-state index contributed by atoms with van der Waals surface area (Å²) in [6, 6.07) is 0. The van der Waals surface area contributed by atoms with Gasteiger partial charge in [-0.05, 0) is 13.8 Å². The molecule has 9 heavy (non-hydrogen) atoms. The van der Waals surface area contributed by atoms with E-state index in [1.54, 1.807) is 0 Å². The fraction of sp³-hybridized carbons (Fsp3) is 0.667. The molecule has 0 aromatic carbocycles. The number of halogens is 4. The van der Waals surface area contributed by atoms with E-state index in [2.05, 4.69) is 0 Å². The Labute approximate surface area is 95.2 Å². The second-order valence-corrected chi connectivity index (χ2v) is 0.908. The fourth-order valence-electron chi connectivity index (χ4n) is 0. The Bertz CT molecular complexity index is 38.8. The minimum Gasteiger partial charge on any atom is -1.00 e. The van der Waals surface area contributed by atoms with Gasteiger partial charge >= 0.3 is 21.7 Å². The SMILES string of the molecule is CC(C)=O.[Cl-].[Cl-].[Cl-].[Cl-].[Ti+4]. The zero-order chi connectivity index (χ0) is 3.58. The molecule has 0 N–H and O–H groups in total. The van der Waals surface area contributed by atoms with Gasteiger partial charge in [0, 0.05) is 0 Å². The molecule has 0 aromatic rings. The van der Waals surface area contributed by atoms with E-state index >= 15 is 0 Å². The number of hydrogen-bond donors (Lipinski definition) is 0. The number of carbonyl (C=O) groups is 1. The Morgan fingerprint density at radius 1 is 0.889 bits per heavy atom. The van der Waals surface area contributed by atoms with Crippen LogP contribution in [0.2, 0.25) is 0 Å². The van der Waals surface area contributed by atoms with E-state index in [1.807, 2.05) is 0 Å². The summed E-state index contributed by atoms with van der Waals surface area (Å²) in [5, 5.41) is 0. The van der Waals surface area contributed by atoms with Crippen molar-refractivity contribution in [3.05, 3.63) is 0 Å². The first-order valence-corrected chi connectivity index (χ1v) is 1.20. The van der Waals surface area contributed by atoms with Crippen LogP contribution in [0.3, 0.4) is 0 Å². The molecule has 0 bridgehead atoms. The average molecular weight is 248 g/mol. The van der Waals surface area contributed by atoms with Gasteiger partial charge in [0.25, 0.3) is 0 Å². The van der Waals surface area contributed by atoms with E-state index in [0.717, 1.165) is 0 Å². The van der Waals surface area contributed by atoms with E-state index in [-0.39, 0.29) is 77.1 Å². The maximum Gasteiger partial charge on any atom is 4.00 e. The second kappa shape index (κ2) is 33.7. The van der Waals surface area contributed by atoms with Crippen LogP contribution in [0.4, 0.5) is 0 Å². The molecule has 0 aromatic heterocycles. The molecule has 0 aliphatic heterocycles. The largest absolute Gasteiger partial charge is 4.00 e. The fourth-order valence-corrected chi connectivity index (χ4v) is 0. The smallest absolute Gasteiger partial charge is 1.00 e. The molecule has 0 radical (unpaired) electrons. The molecule has 0 fully saturated rings. The van der Waals surface area contributed by atoms with Crippen molar-refractivity contribution >= 4 is 5.78 Å². The van der Waals surface area contributed by atoms with E-state index in [9.17, 15) is 4.79 Å². The van der Waals surface area contributed by atoms with Gasteiger partial charge < -0.3 is 54.4 Å². The molecule has 0 aliphatic rings. The van der Waals surface area contributed by atoms with Gasteiger partial charge in [0.15, 0.2) is 0 Å². The van der Waals surface area contributed by atoms with E-state index in [4.69, 9.17) is 0 Å². The Hall–Kier alpha value is 1.54. The molecule has 0 atom stereocenters.